The molecule has 3 unspecified atom stereocenters. The summed E-state index contributed by atoms with van der Waals surface area (Å²) in [7, 11) is 0. The summed E-state index contributed by atoms with van der Waals surface area (Å²) in [4.78, 5) is 0. The highest BCUT2D eigenvalue weighted by Crippen LogP contribution is 2.55. The van der Waals surface area contributed by atoms with Crippen LogP contribution in [0, 0.1) is 5.92 Å². The normalized spacial score (nSPS) is 32.5. The van der Waals surface area contributed by atoms with Crippen LogP contribution < -0.4 is 5.73 Å². The molecular formula is C12H16ClN. The second-order valence-electron chi connectivity index (χ2n) is 4.40. The Labute approximate surface area is 91.1 Å². The smallest absolute Gasteiger partial charge is 0.00428 e. The van der Waals surface area contributed by atoms with Gasteiger partial charge in [-0.2, -0.15) is 0 Å². The standard InChI is InChI=1S/C12H15N.ClH/c13-7-9-5-8-6-12(9)11-4-2-1-3-10(8)11;/h1-4,8-9,12H,5-7,13H2;1H. The Balaban J connectivity index is 0.000000750. The first-order valence-electron chi connectivity index (χ1n) is 5.19. The highest BCUT2D eigenvalue weighted by molar-refractivity contribution is 5.85. The van der Waals surface area contributed by atoms with Crippen LogP contribution >= 0.6 is 12.4 Å². The van der Waals surface area contributed by atoms with Gasteiger partial charge < -0.3 is 5.73 Å². The third-order valence-electron chi connectivity index (χ3n) is 3.83. The van der Waals surface area contributed by atoms with Gasteiger partial charge in [-0.3, -0.25) is 0 Å². The molecule has 2 heteroatoms. The van der Waals surface area contributed by atoms with E-state index in [1.165, 1.54) is 12.8 Å². The molecule has 0 spiro atoms. The lowest BCUT2D eigenvalue weighted by molar-refractivity contribution is 0.479. The van der Waals surface area contributed by atoms with E-state index >= 15 is 0 Å². The predicted octanol–water partition coefficient (Wildman–Crippen LogP) is 2.66. The molecule has 3 atom stereocenters. The van der Waals surface area contributed by atoms with Gasteiger partial charge in [-0.25, -0.2) is 0 Å². The molecule has 1 aromatic carbocycles. The number of hydrogen-bond acceptors (Lipinski definition) is 1. The molecule has 2 aliphatic carbocycles. The highest BCUT2D eigenvalue weighted by Gasteiger charge is 2.42. The van der Waals surface area contributed by atoms with Crippen molar-refractivity contribution in [1.29, 1.82) is 0 Å². The van der Waals surface area contributed by atoms with E-state index in [1.807, 2.05) is 0 Å². The molecule has 1 aromatic rings. The average Bonchev–Trinajstić information content (AvgIpc) is 2.75. The second-order valence-corrected chi connectivity index (χ2v) is 4.40. The first-order chi connectivity index (χ1) is 6.40. The number of benzene rings is 1. The Morgan fingerprint density at radius 1 is 1.14 bits per heavy atom. The van der Waals surface area contributed by atoms with E-state index in [-0.39, 0.29) is 12.4 Å². The van der Waals surface area contributed by atoms with Gasteiger partial charge in [0, 0.05) is 0 Å². The quantitative estimate of drug-likeness (QED) is 0.756. The second kappa shape index (κ2) is 3.56. The van der Waals surface area contributed by atoms with Gasteiger partial charge in [0.25, 0.3) is 0 Å². The van der Waals surface area contributed by atoms with Crippen LogP contribution in [-0.2, 0) is 0 Å². The topological polar surface area (TPSA) is 26.0 Å². The molecule has 1 saturated carbocycles. The zero-order valence-electron chi connectivity index (χ0n) is 8.15. The first kappa shape index (κ1) is 10.0. The summed E-state index contributed by atoms with van der Waals surface area (Å²) in [5, 5.41) is 0. The molecule has 14 heavy (non-hydrogen) atoms. The molecular weight excluding hydrogens is 194 g/mol. The Kier molecular flexibility index (Phi) is 2.54. The zero-order valence-corrected chi connectivity index (χ0v) is 8.96. The van der Waals surface area contributed by atoms with E-state index < -0.39 is 0 Å². The Morgan fingerprint density at radius 2 is 1.86 bits per heavy atom. The van der Waals surface area contributed by atoms with Gasteiger partial charge in [-0.1, -0.05) is 24.3 Å². The number of halogens is 1. The monoisotopic (exact) mass is 209 g/mol. The lowest BCUT2D eigenvalue weighted by Gasteiger charge is -2.22. The van der Waals surface area contributed by atoms with Crippen LogP contribution in [0.4, 0.5) is 0 Å². The molecule has 2 bridgehead atoms. The zero-order chi connectivity index (χ0) is 8.84. The number of nitrogens with two attached hydrogens (primary N) is 1. The fourth-order valence-electron chi connectivity index (χ4n) is 3.24. The van der Waals surface area contributed by atoms with Crippen LogP contribution in [0.15, 0.2) is 24.3 Å². The molecule has 0 saturated heterocycles. The summed E-state index contributed by atoms with van der Waals surface area (Å²) < 4.78 is 0. The van der Waals surface area contributed by atoms with Crippen molar-refractivity contribution in [1.82, 2.24) is 0 Å². The maximum atomic E-state index is 5.78. The van der Waals surface area contributed by atoms with Gasteiger partial charge in [-0.15, -0.1) is 12.4 Å². The number of rotatable bonds is 1. The third kappa shape index (κ3) is 1.19. The predicted molar refractivity (Wildman–Crippen MR) is 61.0 cm³/mol. The molecule has 1 fully saturated rings. The van der Waals surface area contributed by atoms with Crippen LogP contribution in [0.2, 0.25) is 0 Å². The Hall–Kier alpha value is -0.530. The Bertz CT molecular complexity index is 335. The molecule has 0 heterocycles. The van der Waals surface area contributed by atoms with E-state index in [0.29, 0.717) is 0 Å². The number of hydrogen-bond donors (Lipinski definition) is 1. The van der Waals surface area contributed by atoms with Gasteiger partial charge in [0.1, 0.15) is 0 Å². The van der Waals surface area contributed by atoms with Crippen molar-refractivity contribution in [2.24, 2.45) is 11.7 Å². The lowest BCUT2D eigenvalue weighted by atomic mass is 9.84. The molecule has 0 radical (unpaired) electrons. The highest BCUT2D eigenvalue weighted by atomic mass is 35.5. The maximum absolute atomic E-state index is 5.78. The molecule has 2 aliphatic rings. The molecule has 0 aromatic heterocycles. The summed E-state index contributed by atoms with van der Waals surface area (Å²) in [5.74, 6) is 2.38. The number of fused-ring (bicyclic) bond motifs is 5. The van der Waals surface area contributed by atoms with Crippen LogP contribution in [0.3, 0.4) is 0 Å². The van der Waals surface area contributed by atoms with Gasteiger partial charge in [-0.05, 0) is 48.3 Å². The minimum absolute atomic E-state index is 0. The van der Waals surface area contributed by atoms with E-state index in [4.69, 9.17) is 5.73 Å². The van der Waals surface area contributed by atoms with Crippen LogP contribution in [0.5, 0.6) is 0 Å². The van der Waals surface area contributed by atoms with Crippen molar-refractivity contribution in [2.75, 3.05) is 6.54 Å². The fraction of sp³-hybridized carbons (Fsp3) is 0.500. The minimum atomic E-state index is 0. The van der Waals surface area contributed by atoms with E-state index in [1.54, 1.807) is 11.1 Å². The molecule has 3 rings (SSSR count). The first-order valence-corrected chi connectivity index (χ1v) is 5.19. The third-order valence-corrected chi connectivity index (χ3v) is 3.83. The van der Waals surface area contributed by atoms with Gasteiger partial charge in [0.05, 0.1) is 0 Å². The van der Waals surface area contributed by atoms with Crippen molar-refractivity contribution in [2.45, 2.75) is 24.7 Å². The maximum Gasteiger partial charge on any atom is -0.00428 e. The largest absolute Gasteiger partial charge is 0.330 e. The fourth-order valence-corrected chi connectivity index (χ4v) is 3.24. The van der Waals surface area contributed by atoms with Crippen LogP contribution in [-0.4, -0.2) is 6.54 Å². The SMILES string of the molecule is Cl.NCC1CC2CC1c1ccccc12. The minimum Gasteiger partial charge on any atom is -0.330 e. The van der Waals surface area contributed by atoms with Crippen molar-refractivity contribution < 1.29 is 0 Å². The summed E-state index contributed by atoms with van der Waals surface area (Å²) in [6, 6.07) is 8.92. The summed E-state index contributed by atoms with van der Waals surface area (Å²) in [6.45, 7) is 0.871. The van der Waals surface area contributed by atoms with Gasteiger partial charge >= 0.3 is 0 Å². The van der Waals surface area contributed by atoms with Crippen molar-refractivity contribution in [3.63, 3.8) is 0 Å². The lowest BCUT2D eigenvalue weighted by Crippen LogP contribution is -2.19. The van der Waals surface area contributed by atoms with E-state index in [2.05, 4.69) is 24.3 Å². The Morgan fingerprint density at radius 3 is 2.57 bits per heavy atom. The van der Waals surface area contributed by atoms with Crippen molar-refractivity contribution >= 4 is 12.4 Å². The molecule has 0 aliphatic heterocycles. The summed E-state index contributed by atoms with van der Waals surface area (Å²) in [6.07, 6.45) is 2.69. The van der Waals surface area contributed by atoms with Crippen molar-refractivity contribution in [3.8, 4) is 0 Å². The molecule has 0 amide bonds. The molecule has 76 valence electrons. The molecule has 1 nitrogen and oxygen atoms in total. The van der Waals surface area contributed by atoms with Crippen LogP contribution in [0.1, 0.15) is 35.8 Å². The summed E-state index contributed by atoms with van der Waals surface area (Å²) >= 11 is 0. The van der Waals surface area contributed by atoms with Crippen LogP contribution in [0.25, 0.3) is 0 Å². The average molecular weight is 210 g/mol. The van der Waals surface area contributed by atoms with Crippen molar-refractivity contribution in [3.05, 3.63) is 35.4 Å². The van der Waals surface area contributed by atoms with E-state index in [0.717, 1.165) is 24.3 Å². The van der Waals surface area contributed by atoms with Gasteiger partial charge in [0.2, 0.25) is 0 Å². The molecule has 2 N–H and O–H groups in total. The van der Waals surface area contributed by atoms with Gasteiger partial charge in [0.15, 0.2) is 0 Å². The summed E-state index contributed by atoms with van der Waals surface area (Å²) in [5.41, 5.74) is 8.98. The van der Waals surface area contributed by atoms with E-state index in [9.17, 15) is 0 Å².